The van der Waals surface area contributed by atoms with Crippen LogP contribution in [-0.2, 0) is 10.2 Å². The molecule has 2 aliphatic heterocycles. The molecule has 3 heterocycles. The Balaban J connectivity index is 1.54. The highest BCUT2D eigenvalue weighted by Crippen LogP contribution is 2.36. The number of rotatable bonds is 3. The first kappa shape index (κ1) is 17.0. The van der Waals surface area contributed by atoms with E-state index in [1.165, 1.54) is 0 Å². The molecule has 0 unspecified atom stereocenters. The summed E-state index contributed by atoms with van der Waals surface area (Å²) in [7, 11) is 0. The van der Waals surface area contributed by atoms with Crippen LogP contribution in [-0.4, -0.2) is 36.3 Å². The molecule has 0 aliphatic carbocycles. The highest BCUT2D eigenvalue weighted by Gasteiger charge is 2.37. The molecule has 1 atom stereocenters. The summed E-state index contributed by atoms with van der Waals surface area (Å²) in [5, 5.41) is 9.88. The molecule has 2 fully saturated rings. The van der Waals surface area contributed by atoms with Crippen LogP contribution in [0.4, 0.5) is 5.82 Å². The summed E-state index contributed by atoms with van der Waals surface area (Å²) in [6.45, 7) is 5.19. The van der Waals surface area contributed by atoms with Crippen LogP contribution < -0.4 is 4.90 Å². The normalized spacial score (nSPS) is 22.2. The molecular formula is C21H24N4O. The van der Waals surface area contributed by atoms with E-state index in [1.807, 2.05) is 25.1 Å². The van der Waals surface area contributed by atoms with E-state index in [1.54, 1.807) is 0 Å². The molecule has 5 heteroatoms. The Hall–Kier alpha value is -2.45. The molecule has 5 nitrogen and oxygen atoms in total. The summed E-state index contributed by atoms with van der Waals surface area (Å²) >= 11 is 0. The molecule has 0 bridgehead atoms. The number of anilines is 1. The van der Waals surface area contributed by atoms with Gasteiger partial charge in [0, 0.05) is 31.7 Å². The van der Waals surface area contributed by atoms with Crippen molar-refractivity contribution in [2.75, 3.05) is 31.2 Å². The number of benzene rings is 1. The summed E-state index contributed by atoms with van der Waals surface area (Å²) < 4.78 is 5.52. The fraction of sp³-hybridized carbons (Fsp3) is 0.476. The Bertz CT molecular complexity index is 801. The fourth-order valence-corrected chi connectivity index (χ4v) is 4.05. The van der Waals surface area contributed by atoms with Crippen LogP contribution in [0.2, 0.25) is 0 Å². The predicted octanol–water partition coefficient (Wildman–Crippen LogP) is 3.35. The van der Waals surface area contributed by atoms with Crippen LogP contribution >= 0.6 is 0 Å². The molecule has 2 aromatic rings. The van der Waals surface area contributed by atoms with Crippen molar-refractivity contribution in [3.8, 4) is 6.07 Å². The largest absolute Gasteiger partial charge is 0.381 e. The third-order valence-electron chi connectivity index (χ3n) is 5.67. The van der Waals surface area contributed by atoms with Gasteiger partial charge in [-0.05, 0) is 31.7 Å². The van der Waals surface area contributed by atoms with E-state index in [-0.39, 0.29) is 5.41 Å². The van der Waals surface area contributed by atoms with Crippen LogP contribution in [0, 0.1) is 18.3 Å². The summed E-state index contributed by atoms with van der Waals surface area (Å²) in [5.74, 6) is 2.17. The van der Waals surface area contributed by atoms with Crippen LogP contribution in [0.5, 0.6) is 0 Å². The van der Waals surface area contributed by atoms with E-state index in [4.69, 9.17) is 4.74 Å². The number of hydrogen-bond donors (Lipinski definition) is 0. The zero-order valence-corrected chi connectivity index (χ0v) is 15.2. The van der Waals surface area contributed by atoms with Gasteiger partial charge in [-0.3, -0.25) is 0 Å². The molecule has 134 valence electrons. The van der Waals surface area contributed by atoms with Gasteiger partial charge in [-0.1, -0.05) is 30.3 Å². The molecule has 0 radical (unpaired) electrons. The van der Waals surface area contributed by atoms with E-state index in [0.717, 1.165) is 68.5 Å². The second-order valence-electron chi connectivity index (χ2n) is 7.31. The molecule has 4 rings (SSSR count). The first-order chi connectivity index (χ1) is 12.7. The van der Waals surface area contributed by atoms with E-state index in [0.29, 0.717) is 5.92 Å². The molecule has 2 aliphatic rings. The third kappa shape index (κ3) is 3.17. The number of aromatic nitrogens is 2. The SMILES string of the molecule is Cc1nc([C@@H]2CCOC2)cc(N2CCC(C#N)(c3ccccc3)CC2)n1. The molecule has 1 aromatic carbocycles. The Morgan fingerprint density at radius 3 is 2.62 bits per heavy atom. The van der Waals surface area contributed by atoms with Gasteiger partial charge in [0.05, 0.1) is 23.8 Å². The van der Waals surface area contributed by atoms with Crippen molar-refractivity contribution in [1.29, 1.82) is 5.26 Å². The molecular weight excluding hydrogens is 324 g/mol. The summed E-state index contributed by atoms with van der Waals surface area (Å²) in [4.78, 5) is 11.6. The van der Waals surface area contributed by atoms with Gasteiger partial charge >= 0.3 is 0 Å². The number of hydrogen-bond acceptors (Lipinski definition) is 5. The average Bonchev–Trinajstić information content (AvgIpc) is 3.23. The van der Waals surface area contributed by atoms with Crippen molar-refractivity contribution >= 4 is 5.82 Å². The number of ether oxygens (including phenoxy) is 1. The number of aryl methyl sites for hydroxylation is 1. The summed E-state index contributed by atoms with van der Waals surface area (Å²) in [6.07, 6.45) is 2.66. The van der Waals surface area contributed by atoms with Crippen molar-refractivity contribution < 1.29 is 4.74 Å². The van der Waals surface area contributed by atoms with Crippen LogP contribution in [0.15, 0.2) is 36.4 Å². The topological polar surface area (TPSA) is 62.0 Å². The Labute approximate surface area is 154 Å². The van der Waals surface area contributed by atoms with Crippen molar-refractivity contribution in [1.82, 2.24) is 9.97 Å². The Kier molecular flexibility index (Phi) is 4.60. The quantitative estimate of drug-likeness (QED) is 0.851. The van der Waals surface area contributed by atoms with E-state index in [2.05, 4.69) is 39.1 Å². The minimum Gasteiger partial charge on any atom is -0.381 e. The second kappa shape index (κ2) is 7.05. The number of nitriles is 1. The molecule has 0 N–H and O–H groups in total. The molecule has 2 saturated heterocycles. The molecule has 0 spiro atoms. The van der Waals surface area contributed by atoms with Gasteiger partial charge in [0.25, 0.3) is 0 Å². The smallest absolute Gasteiger partial charge is 0.132 e. The third-order valence-corrected chi connectivity index (χ3v) is 5.67. The van der Waals surface area contributed by atoms with Crippen LogP contribution in [0.1, 0.15) is 42.3 Å². The predicted molar refractivity (Wildman–Crippen MR) is 100 cm³/mol. The highest BCUT2D eigenvalue weighted by atomic mass is 16.5. The van der Waals surface area contributed by atoms with E-state index >= 15 is 0 Å². The maximum Gasteiger partial charge on any atom is 0.132 e. The molecule has 0 saturated carbocycles. The maximum absolute atomic E-state index is 9.88. The lowest BCUT2D eigenvalue weighted by Crippen LogP contribution is -2.42. The van der Waals surface area contributed by atoms with Gasteiger partial charge in [0.15, 0.2) is 0 Å². The standard InChI is InChI=1S/C21H24N4O/c1-16-23-19(17-7-12-26-14-17)13-20(24-16)25-10-8-21(15-22,9-11-25)18-5-3-2-4-6-18/h2-6,13,17H,7-12,14H2,1H3/t17-/m1/s1. The average molecular weight is 348 g/mol. The molecule has 0 amide bonds. The van der Waals surface area contributed by atoms with Gasteiger partial charge in [0.1, 0.15) is 11.6 Å². The van der Waals surface area contributed by atoms with Crippen molar-refractivity contribution in [2.45, 2.75) is 37.5 Å². The maximum atomic E-state index is 9.88. The zero-order chi connectivity index (χ0) is 18.0. The second-order valence-corrected chi connectivity index (χ2v) is 7.31. The van der Waals surface area contributed by atoms with E-state index in [9.17, 15) is 5.26 Å². The number of nitrogens with zero attached hydrogens (tertiary/aromatic N) is 4. The summed E-state index contributed by atoms with van der Waals surface area (Å²) in [5.41, 5.74) is 1.83. The van der Waals surface area contributed by atoms with Crippen LogP contribution in [0.3, 0.4) is 0 Å². The molecule has 26 heavy (non-hydrogen) atoms. The van der Waals surface area contributed by atoms with Gasteiger partial charge in [-0.2, -0.15) is 5.26 Å². The van der Waals surface area contributed by atoms with Crippen molar-refractivity contribution in [3.63, 3.8) is 0 Å². The zero-order valence-electron chi connectivity index (χ0n) is 15.2. The van der Waals surface area contributed by atoms with Crippen molar-refractivity contribution in [2.24, 2.45) is 0 Å². The Morgan fingerprint density at radius 1 is 1.19 bits per heavy atom. The van der Waals surface area contributed by atoms with Gasteiger partial charge in [-0.15, -0.1) is 0 Å². The van der Waals surface area contributed by atoms with Gasteiger partial charge in [-0.25, -0.2) is 9.97 Å². The monoisotopic (exact) mass is 348 g/mol. The lowest BCUT2D eigenvalue weighted by Gasteiger charge is -2.38. The van der Waals surface area contributed by atoms with Crippen LogP contribution in [0.25, 0.3) is 0 Å². The van der Waals surface area contributed by atoms with Crippen molar-refractivity contribution in [3.05, 3.63) is 53.5 Å². The van der Waals surface area contributed by atoms with Gasteiger partial charge in [0.2, 0.25) is 0 Å². The highest BCUT2D eigenvalue weighted by molar-refractivity contribution is 5.44. The number of piperidine rings is 1. The first-order valence-corrected chi connectivity index (χ1v) is 9.35. The summed E-state index contributed by atoms with van der Waals surface area (Å²) in [6, 6.07) is 14.9. The lowest BCUT2D eigenvalue weighted by molar-refractivity contribution is 0.193. The minimum absolute atomic E-state index is 0.378. The minimum atomic E-state index is -0.387. The first-order valence-electron chi connectivity index (χ1n) is 9.35. The van der Waals surface area contributed by atoms with E-state index < -0.39 is 0 Å². The fourth-order valence-electron chi connectivity index (χ4n) is 4.05. The van der Waals surface area contributed by atoms with Gasteiger partial charge < -0.3 is 9.64 Å². The molecule has 1 aromatic heterocycles. The lowest BCUT2D eigenvalue weighted by atomic mass is 9.74. The Morgan fingerprint density at radius 2 is 1.96 bits per heavy atom.